The standard InChI is InChI=1S/C8H7ClF3S/c1-13(8(10,11)12)7-4-2-6(9)3-5-7/h2-5H,1H3/q+1. The van der Waals surface area contributed by atoms with Crippen molar-refractivity contribution < 1.29 is 13.2 Å². The largest absolute Gasteiger partial charge is 0.580 e. The molecule has 0 fully saturated rings. The van der Waals surface area contributed by atoms with Crippen LogP contribution < -0.4 is 0 Å². The normalized spacial score (nSPS) is 14.2. The van der Waals surface area contributed by atoms with E-state index < -0.39 is 16.4 Å². The van der Waals surface area contributed by atoms with Gasteiger partial charge >= 0.3 is 5.51 Å². The highest BCUT2D eigenvalue weighted by Gasteiger charge is 2.49. The second kappa shape index (κ2) is 3.80. The van der Waals surface area contributed by atoms with Gasteiger partial charge in [0, 0.05) is 5.02 Å². The quantitative estimate of drug-likeness (QED) is 0.645. The minimum Gasteiger partial charge on any atom is -0.122 e. The Labute approximate surface area is 82.1 Å². The maximum absolute atomic E-state index is 12.2. The number of hydrogen-bond donors (Lipinski definition) is 0. The summed E-state index contributed by atoms with van der Waals surface area (Å²) in [4.78, 5) is 0.261. The molecule has 0 heterocycles. The predicted octanol–water partition coefficient (Wildman–Crippen LogP) is 3.47. The van der Waals surface area contributed by atoms with Crippen molar-refractivity contribution in [2.24, 2.45) is 0 Å². The number of halogens is 4. The molecular weight excluding hydrogens is 221 g/mol. The van der Waals surface area contributed by atoms with Crippen molar-refractivity contribution in [3.63, 3.8) is 0 Å². The molecule has 13 heavy (non-hydrogen) atoms. The molecule has 5 heteroatoms. The van der Waals surface area contributed by atoms with Crippen LogP contribution >= 0.6 is 11.6 Å². The molecule has 1 atom stereocenters. The van der Waals surface area contributed by atoms with Gasteiger partial charge in [-0.15, -0.1) is 13.2 Å². The molecule has 0 aromatic heterocycles. The minimum atomic E-state index is -4.16. The van der Waals surface area contributed by atoms with Crippen LogP contribution in [0.15, 0.2) is 29.2 Å². The Bertz CT molecular complexity index is 280. The summed E-state index contributed by atoms with van der Waals surface area (Å²) in [6.45, 7) is 0. The van der Waals surface area contributed by atoms with Gasteiger partial charge in [0.25, 0.3) is 0 Å². The van der Waals surface area contributed by atoms with Gasteiger partial charge in [0.15, 0.2) is 4.90 Å². The number of rotatable bonds is 1. The number of benzene rings is 1. The molecule has 0 spiro atoms. The average molecular weight is 228 g/mol. The first-order valence-electron chi connectivity index (χ1n) is 3.39. The second-order valence-electron chi connectivity index (χ2n) is 2.41. The summed E-state index contributed by atoms with van der Waals surface area (Å²) < 4.78 is 36.6. The van der Waals surface area contributed by atoms with Gasteiger partial charge in [-0.3, -0.25) is 0 Å². The lowest BCUT2D eigenvalue weighted by Gasteiger charge is -2.04. The first-order valence-corrected chi connectivity index (χ1v) is 5.40. The summed E-state index contributed by atoms with van der Waals surface area (Å²) in [7, 11) is -1.72. The van der Waals surface area contributed by atoms with Crippen LogP contribution in [0.3, 0.4) is 0 Å². The maximum atomic E-state index is 12.2. The van der Waals surface area contributed by atoms with Crippen molar-refractivity contribution in [1.82, 2.24) is 0 Å². The summed E-state index contributed by atoms with van der Waals surface area (Å²) in [6, 6.07) is 5.73. The highest BCUT2D eigenvalue weighted by molar-refractivity contribution is 7.97. The lowest BCUT2D eigenvalue weighted by Crippen LogP contribution is -2.22. The van der Waals surface area contributed by atoms with Crippen LogP contribution in [0.1, 0.15) is 0 Å². The fraction of sp³-hybridized carbons (Fsp3) is 0.250. The molecule has 1 aromatic carbocycles. The molecule has 0 amide bonds. The van der Waals surface area contributed by atoms with Gasteiger partial charge in [-0.2, -0.15) is 0 Å². The number of alkyl halides is 3. The van der Waals surface area contributed by atoms with Crippen molar-refractivity contribution in [3.05, 3.63) is 29.3 Å². The van der Waals surface area contributed by atoms with E-state index in [1.807, 2.05) is 0 Å². The molecule has 0 aliphatic carbocycles. The van der Waals surface area contributed by atoms with Crippen LogP contribution in [0.2, 0.25) is 5.02 Å². The second-order valence-corrected chi connectivity index (χ2v) is 4.80. The van der Waals surface area contributed by atoms with Gasteiger partial charge < -0.3 is 0 Å². The van der Waals surface area contributed by atoms with E-state index in [-0.39, 0.29) is 4.90 Å². The monoisotopic (exact) mass is 227 g/mol. The molecular formula is C8H7ClF3S+. The van der Waals surface area contributed by atoms with Crippen molar-refractivity contribution in [3.8, 4) is 0 Å². The predicted molar refractivity (Wildman–Crippen MR) is 49.1 cm³/mol. The molecule has 0 nitrogen and oxygen atoms in total. The highest BCUT2D eigenvalue weighted by atomic mass is 35.5. The molecule has 0 bridgehead atoms. The van der Waals surface area contributed by atoms with Gasteiger partial charge in [-0.1, -0.05) is 11.6 Å². The zero-order valence-corrected chi connectivity index (χ0v) is 8.30. The zero-order valence-electron chi connectivity index (χ0n) is 6.73. The first kappa shape index (κ1) is 10.7. The molecule has 0 radical (unpaired) electrons. The lowest BCUT2D eigenvalue weighted by atomic mass is 10.4. The van der Waals surface area contributed by atoms with Gasteiger partial charge in [0.2, 0.25) is 0 Å². The Morgan fingerprint density at radius 3 is 2.00 bits per heavy atom. The van der Waals surface area contributed by atoms with E-state index in [2.05, 4.69) is 0 Å². The van der Waals surface area contributed by atoms with Crippen molar-refractivity contribution >= 4 is 22.5 Å². The summed E-state index contributed by atoms with van der Waals surface area (Å²) in [5, 5.41) is 0.447. The molecule has 0 saturated heterocycles. The third-order valence-corrected chi connectivity index (χ3v) is 3.44. The third-order valence-electron chi connectivity index (χ3n) is 1.51. The molecule has 0 aliphatic rings. The van der Waals surface area contributed by atoms with Crippen LogP contribution in [-0.2, 0) is 10.9 Å². The summed E-state index contributed by atoms with van der Waals surface area (Å²) >= 11 is 5.55. The molecule has 0 N–H and O–H groups in total. The van der Waals surface area contributed by atoms with Crippen molar-refractivity contribution in [2.45, 2.75) is 10.4 Å². The molecule has 1 aromatic rings. The molecule has 1 unspecified atom stereocenters. The number of hydrogen-bond acceptors (Lipinski definition) is 0. The Hall–Kier alpha value is -0.350. The van der Waals surface area contributed by atoms with Gasteiger partial charge in [0.1, 0.15) is 17.2 Å². The van der Waals surface area contributed by atoms with Gasteiger partial charge in [-0.25, -0.2) is 0 Å². The van der Waals surface area contributed by atoms with Gasteiger partial charge in [0.05, 0.1) is 0 Å². The fourth-order valence-corrected chi connectivity index (χ4v) is 1.71. The third kappa shape index (κ3) is 2.81. The summed E-state index contributed by atoms with van der Waals surface area (Å²) in [6.07, 6.45) is 1.16. The zero-order chi connectivity index (χ0) is 10.1. The Morgan fingerprint density at radius 1 is 1.15 bits per heavy atom. The van der Waals surface area contributed by atoms with E-state index in [4.69, 9.17) is 11.6 Å². The van der Waals surface area contributed by atoms with E-state index in [1.165, 1.54) is 24.3 Å². The minimum absolute atomic E-state index is 0.261. The Kier molecular flexibility index (Phi) is 3.14. The summed E-state index contributed by atoms with van der Waals surface area (Å²) in [5.41, 5.74) is -4.16. The van der Waals surface area contributed by atoms with Crippen LogP contribution in [0.5, 0.6) is 0 Å². The highest BCUT2D eigenvalue weighted by Crippen LogP contribution is 2.30. The molecule has 0 aliphatic heterocycles. The van der Waals surface area contributed by atoms with Crippen LogP contribution in [0, 0.1) is 0 Å². The van der Waals surface area contributed by atoms with E-state index in [0.717, 1.165) is 6.26 Å². The molecule has 1 rings (SSSR count). The van der Waals surface area contributed by atoms with E-state index in [9.17, 15) is 13.2 Å². The van der Waals surface area contributed by atoms with Gasteiger partial charge in [-0.05, 0) is 24.3 Å². The lowest BCUT2D eigenvalue weighted by molar-refractivity contribution is -0.0365. The van der Waals surface area contributed by atoms with Crippen molar-refractivity contribution in [1.29, 1.82) is 0 Å². The van der Waals surface area contributed by atoms with Crippen LogP contribution in [0.4, 0.5) is 13.2 Å². The smallest absolute Gasteiger partial charge is 0.122 e. The van der Waals surface area contributed by atoms with E-state index in [0.29, 0.717) is 5.02 Å². The molecule has 0 saturated carbocycles. The SMILES string of the molecule is C[S+](c1ccc(Cl)cc1)C(F)(F)F. The Balaban J connectivity index is 2.90. The van der Waals surface area contributed by atoms with E-state index in [1.54, 1.807) is 0 Å². The maximum Gasteiger partial charge on any atom is 0.580 e. The van der Waals surface area contributed by atoms with Crippen molar-refractivity contribution in [2.75, 3.05) is 6.26 Å². The topological polar surface area (TPSA) is 0 Å². The molecule has 72 valence electrons. The van der Waals surface area contributed by atoms with E-state index >= 15 is 0 Å². The average Bonchev–Trinajstić information content (AvgIpc) is 2.03. The van der Waals surface area contributed by atoms with Crippen LogP contribution in [0.25, 0.3) is 0 Å². The summed E-state index contributed by atoms with van der Waals surface area (Å²) in [5.74, 6) is 0. The Morgan fingerprint density at radius 2 is 1.62 bits per heavy atom. The first-order chi connectivity index (χ1) is 5.91. The van der Waals surface area contributed by atoms with Crippen LogP contribution in [-0.4, -0.2) is 11.8 Å². The fourth-order valence-electron chi connectivity index (χ4n) is 0.772.